The third-order valence-electron chi connectivity index (χ3n) is 6.81. The molecule has 38 heavy (non-hydrogen) atoms. The van der Waals surface area contributed by atoms with E-state index in [1.807, 2.05) is 36.5 Å². The van der Waals surface area contributed by atoms with Crippen LogP contribution >= 0.6 is 0 Å². The van der Waals surface area contributed by atoms with Gasteiger partial charge in [0, 0.05) is 23.5 Å². The van der Waals surface area contributed by atoms with Crippen molar-refractivity contribution < 1.29 is 23.5 Å². The maximum atomic E-state index is 12.4. The number of hydrogen-bond acceptors (Lipinski definition) is 5. The molecule has 4 rings (SSSR count). The Labute approximate surface area is 224 Å². The second kappa shape index (κ2) is 11.1. The van der Waals surface area contributed by atoms with Gasteiger partial charge in [-0.15, -0.1) is 0 Å². The first-order valence-corrected chi connectivity index (χ1v) is 14.4. The highest BCUT2D eigenvalue weighted by molar-refractivity contribution is 7.00. The van der Waals surface area contributed by atoms with E-state index in [-0.39, 0.29) is 11.5 Å². The molecule has 0 unspecified atom stereocenters. The van der Waals surface area contributed by atoms with Crippen LogP contribution in [0.4, 0.5) is 4.79 Å². The maximum absolute atomic E-state index is 12.4. The molecule has 1 aromatic heterocycles. The summed E-state index contributed by atoms with van der Waals surface area (Å²) in [5, 5.41) is 5.64. The van der Waals surface area contributed by atoms with Crippen molar-refractivity contribution in [3.63, 3.8) is 0 Å². The van der Waals surface area contributed by atoms with E-state index in [2.05, 4.69) is 79.6 Å². The fourth-order valence-corrected chi connectivity index (χ4v) is 9.38. The first-order chi connectivity index (χ1) is 18.2. The van der Waals surface area contributed by atoms with Crippen molar-refractivity contribution >= 4 is 41.7 Å². The molecule has 0 aliphatic rings. The number of aromatic nitrogens is 1. The quantitative estimate of drug-likeness (QED) is 0.258. The number of methoxy groups -OCH3 is 2. The number of carbonyl (C=O) groups excluding carboxylic acids is 2. The van der Waals surface area contributed by atoms with Gasteiger partial charge in [-0.1, -0.05) is 81.4 Å². The molecule has 0 spiro atoms. The molecule has 1 amide bonds. The van der Waals surface area contributed by atoms with Crippen LogP contribution in [0.2, 0.25) is 5.04 Å². The lowest BCUT2D eigenvalue weighted by molar-refractivity contribution is -0.142. The number of nitrogens with one attached hydrogen (secondary N) is 2. The van der Waals surface area contributed by atoms with Crippen molar-refractivity contribution in [1.82, 2.24) is 10.3 Å². The molecular formula is C30H34N2O5Si. The molecule has 7 nitrogen and oxygen atoms in total. The van der Waals surface area contributed by atoms with Crippen molar-refractivity contribution in [2.45, 2.75) is 38.3 Å². The summed E-state index contributed by atoms with van der Waals surface area (Å²) in [6.45, 7) is 6.71. The van der Waals surface area contributed by atoms with E-state index in [4.69, 9.17) is 13.9 Å². The van der Waals surface area contributed by atoms with Gasteiger partial charge in [-0.05, 0) is 39.2 Å². The normalized spacial score (nSPS) is 12.6. The summed E-state index contributed by atoms with van der Waals surface area (Å²) in [5.74, 6) is 0.188. The number of amides is 1. The molecule has 0 radical (unpaired) electrons. The molecule has 198 valence electrons. The third kappa shape index (κ3) is 5.31. The van der Waals surface area contributed by atoms with Gasteiger partial charge in [0.15, 0.2) is 0 Å². The zero-order valence-corrected chi connectivity index (χ0v) is 23.4. The Hall–Kier alpha value is -4.04. The Balaban J connectivity index is 1.79. The Bertz CT molecular complexity index is 1360. The monoisotopic (exact) mass is 530 g/mol. The lowest BCUT2D eigenvalue weighted by Crippen LogP contribution is -2.68. The molecule has 1 heterocycles. The van der Waals surface area contributed by atoms with Gasteiger partial charge in [-0.2, -0.15) is 0 Å². The number of alkyl carbamates (subject to hydrolysis) is 1. The molecule has 0 saturated carbocycles. The Morgan fingerprint density at radius 3 is 2.03 bits per heavy atom. The van der Waals surface area contributed by atoms with Crippen LogP contribution in [0.3, 0.4) is 0 Å². The zero-order chi connectivity index (χ0) is 27.3. The molecular weight excluding hydrogens is 496 g/mol. The minimum absolute atomic E-state index is 0.188. The zero-order valence-electron chi connectivity index (χ0n) is 22.4. The molecule has 0 fully saturated rings. The average Bonchev–Trinajstić information content (AvgIpc) is 3.32. The van der Waals surface area contributed by atoms with E-state index >= 15 is 0 Å². The first-order valence-electron chi connectivity index (χ1n) is 12.5. The molecule has 8 heteroatoms. The highest BCUT2D eigenvalue weighted by Crippen LogP contribution is 2.38. The van der Waals surface area contributed by atoms with Crippen LogP contribution in [0.25, 0.3) is 10.9 Å². The summed E-state index contributed by atoms with van der Waals surface area (Å²) in [4.78, 5) is 27.5. The Kier molecular flexibility index (Phi) is 7.92. The predicted octanol–water partition coefficient (Wildman–Crippen LogP) is 4.55. The lowest BCUT2D eigenvalue weighted by atomic mass is 10.0. The van der Waals surface area contributed by atoms with Crippen LogP contribution < -0.4 is 20.1 Å². The highest BCUT2D eigenvalue weighted by Gasteiger charge is 2.52. The molecule has 4 aromatic rings. The minimum Gasteiger partial charge on any atom is -0.534 e. The van der Waals surface area contributed by atoms with Gasteiger partial charge >= 0.3 is 20.4 Å². The average molecular weight is 531 g/mol. The summed E-state index contributed by atoms with van der Waals surface area (Å²) in [5.41, 5.74) is 1.75. The van der Waals surface area contributed by atoms with Crippen LogP contribution in [0, 0.1) is 0 Å². The number of carbonyl (C=O) groups is 2. The number of aromatic amines is 1. The molecule has 0 aliphatic carbocycles. The molecule has 2 N–H and O–H groups in total. The molecule has 0 bridgehead atoms. The fourth-order valence-electron chi connectivity index (χ4n) is 4.97. The van der Waals surface area contributed by atoms with E-state index in [0.717, 1.165) is 22.2 Å². The van der Waals surface area contributed by atoms with Crippen molar-refractivity contribution in [2.75, 3.05) is 14.2 Å². The van der Waals surface area contributed by atoms with Crippen LogP contribution in [0.15, 0.2) is 85.1 Å². The van der Waals surface area contributed by atoms with Crippen molar-refractivity contribution in [1.29, 1.82) is 0 Å². The van der Waals surface area contributed by atoms with Gasteiger partial charge < -0.3 is 24.2 Å². The van der Waals surface area contributed by atoms with Gasteiger partial charge in [0.1, 0.15) is 11.8 Å². The summed E-state index contributed by atoms with van der Waals surface area (Å²) in [6, 6.07) is 26.0. The standard InChI is InChI=1S/C30H34N2O5Si/c1-30(2,3)38(23-12-8-6-9-13-23,24-14-10-7-11-15-24)37-22-16-17-26-25(19-22)21(20-31-26)18-27(28(33)35-4)32-29(34)36-5/h6-17,19-20,27,31H,18H2,1-5H3,(H,32,34)/t27-/m1/s1. The smallest absolute Gasteiger partial charge is 0.407 e. The van der Waals surface area contributed by atoms with E-state index in [1.165, 1.54) is 24.6 Å². The summed E-state index contributed by atoms with van der Waals surface area (Å²) in [6.07, 6.45) is 1.37. The maximum Gasteiger partial charge on any atom is 0.407 e. The van der Waals surface area contributed by atoms with Crippen LogP contribution in [0.1, 0.15) is 26.3 Å². The van der Waals surface area contributed by atoms with Gasteiger partial charge in [-0.3, -0.25) is 0 Å². The predicted molar refractivity (Wildman–Crippen MR) is 152 cm³/mol. The van der Waals surface area contributed by atoms with Crippen molar-refractivity contribution in [2.24, 2.45) is 0 Å². The van der Waals surface area contributed by atoms with Gasteiger partial charge in [-0.25, -0.2) is 9.59 Å². The largest absolute Gasteiger partial charge is 0.534 e. The number of ether oxygens (including phenoxy) is 2. The van der Waals surface area contributed by atoms with Gasteiger partial charge in [0.25, 0.3) is 0 Å². The van der Waals surface area contributed by atoms with Gasteiger partial charge in [0.2, 0.25) is 0 Å². The molecule has 0 saturated heterocycles. The summed E-state index contributed by atoms with van der Waals surface area (Å²) >= 11 is 0. The third-order valence-corrected chi connectivity index (χ3v) is 11.8. The van der Waals surface area contributed by atoms with Crippen molar-refractivity contribution in [3.8, 4) is 5.75 Å². The molecule has 3 aromatic carbocycles. The van der Waals surface area contributed by atoms with Crippen LogP contribution in [0.5, 0.6) is 5.75 Å². The Morgan fingerprint density at radius 2 is 1.50 bits per heavy atom. The topological polar surface area (TPSA) is 89.6 Å². The van der Waals surface area contributed by atoms with E-state index < -0.39 is 26.4 Å². The number of benzene rings is 3. The second-order valence-corrected chi connectivity index (χ2v) is 14.4. The second-order valence-electron chi connectivity index (χ2n) is 10.2. The number of rotatable bonds is 8. The Morgan fingerprint density at radius 1 is 0.895 bits per heavy atom. The lowest BCUT2D eigenvalue weighted by Gasteiger charge is -2.43. The summed E-state index contributed by atoms with van der Waals surface area (Å²) in [7, 11) is -0.270. The number of hydrogen-bond donors (Lipinski definition) is 2. The van der Waals surface area contributed by atoms with Crippen LogP contribution in [-0.4, -0.2) is 45.6 Å². The van der Waals surface area contributed by atoms with Crippen molar-refractivity contribution in [3.05, 3.63) is 90.6 Å². The highest BCUT2D eigenvalue weighted by atomic mass is 28.4. The summed E-state index contributed by atoms with van der Waals surface area (Å²) < 4.78 is 16.8. The fraction of sp³-hybridized carbons (Fsp3) is 0.267. The van der Waals surface area contributed by atoms with E-state index in [1.54, 1.807) is 0 Å². The molecule has 1 atom stereocenters. The number of H-pyrrole nitrogens is 1. The number of esters is 1. The molecule has 0 aliphatic heterocycles. The minimum atomic E-state index is -2.81. The van der Waals surface area contributed by atoms with E-state index in [0.29, 0.717) is 0 Å². The number of fused-ring (bicyclic) bond motifs is 1. The first kappa shape index (κ1) is 27.0. The van der Waals surface area contributed by atoms with E-state index in [9.17, 15) is 9.59 Å². The van der Waals surface area contributed by atoms with Gasteiger partial charge in [0.05, 0.1) is 14.2 Å². The SMILES string of the molecule is COC(=O)N[C@H](Cc1c[nH]c2ccc(O[Si](c3ccccc3)(c3ccccc3)C(C)(C)C)cc12)C(=O)OC. The van der Waals surface area contributed by atoms with Crippen LogP contribution in [-0.2, 0) is 20.7 Å².